The second-order valence-corrected chi connectivity index (χ2v) is 13.9. The number of hydrogen-bond donors (Lipinski definition) is 0. The van der Waals surface area contributed by atoms with Crippen LogP contribution in [0.25, 0.3) is 42.1 Å². The number of thiophene rings is 1. The number of nitrogens with zero attached hydrogens (tertiary/aromatic N) is 1. The van der Waals surface area contributed by atoms with Gasteiger partial charge in [0.05, 0.1) is 11.1 Å². The summed E-state index contributed by atoms with van der Waals surface area (Å²) in [5.74, 6) is 0. The van der Waals surface area contributed by atoms with Gasteiger partial charge in [0.1, 0.15) is 0 Å². The molecular weight excluding hydrogens is 611 g/mol. The first-order chi connectivity index (χ1) is 24.3. The molecule has 1 aliphatic rings. The Bertz CT molecular complexity index is 2630. The molecule has 1 heterocycles. The minimum Gasteiger partial charge on any atom is -0.310 e. The molecule has 0 atom stereocenters. The lowest BCUT2D eigenvalue weighted by molar-refractivity contribution is 0.768. The van der Waals surface area contributed by atoms with E-state index in [1.54, 1.807) is 0 Å². The second-order valence-electron chi connectivity index (χ2n) is 12.8. The molecule has 0 spiro atoms. The molecule has 8 aromatic carbocycles. The Morgan fingerprint density at radius 1 is 0.388 bits per heavy atom. The van der Waals surface area contributed by atoms with Gasteiger partial charge >= 0.3 is 0 Å². The molecule has 0 amide bonds. The van der Waals surface area contributed by atoms with E-state index in [0.29, 0.717) is 0 Å². The number of hydrogen-bond acceptors (Lipinski definition) is 2. The van der Waals surface area contributed by atoms with Crippen molar-refractivity contribution >= 4 is 59.3 Å². The summed E-state index contributed by atoms with van der Waals surface area (Å²) in [5, 5.41) is 5.18. The maximum atomic E-state index is 2.44. The van der Waals surface area contributed by atoms with E-state index in [1.807, 2.05) is 11.3 Å². The molecule has 2 heteroatoms. The molecule has 10 rings (SSSR count). The fourth-order valence-corrected chi connectivity index (χ4v) is 9.48. The molecule has 1 nitrogen and oxygen atoms in total. The van der Waals surface area contributed by atoms with Crippen molar-refractivity contribution in [2.24, 2.45) is 0 Å². The summed E-state index contributed by atoms with van der Waals surface area (Å²) >= 11 is 1.87. The van der Waals surface area contributed by atoms with Gasteiger partial charge in [-0.15, -0.1) is 11.3 Å². The first-order valence-electron chi connectivity index (χ1n) is 16.9. The highest BCUT2D eigenvalue weighted by atomic mass is 32.1. The zero-order chi connectivity index (χ0) is 32.4. The molecule has 1 aliphatic carbocycles. The van der Waals surface area contributed by atoms with Crippen molar-refractivity contribution in [2.75, 3.05) is 4.90 Å². The Balaban J connectivity index is 1.25. The predicted molar refractivity (Wildman–Crippen MR) is 209 cm³/mol. The van der Waals surface area contributed by atoms with Crippen LogP contribution in [0.2, 0.25) is 0 Å². The van der Waals surface area contributed by atoms with E-state index in [2.05, 4.69) is 193 Å². The average molecular weight is 642 g/mol. The predicted octanol–water partition coefficient (Wildman–Crippen LogP) is 13.0. The number of fused-ring (bicyclic) bond motifs is 8. The topological polar surface area (TPSA) is 3.24 Å². The summed E-state index contributed by atoms with van der Waals surface area (Å²) in [4.78, 5) is 2.44. The molecule has 0 fully saturated rings. The molecule has 49 heavy (non-hydrogen) atoms. The quantitative estimate of drug-likeness (QED) is 0.181. The van der Waals surface area contributed by atoms with E-state index < -0.39 is 5.41 Å². The molecule has 0 radical (unpaired) electrons. The molecule has 0 saturated carbocycles. The molecule has 0 unspecified atom stereocenters. The van der Waals surface area contributed by atoms with Crippen molar-refractivity contribution < 1.29 is 0 Å². The van der Waals surface area contributed by atoms with Gasteiger partial charge in [0, 0.05) is 36.9 Å². The number of benzene rings is 8. The second kappa shape index (κ2) is 11.1. The van der Waals surface area contributed by atoms with Crippen LogP contribution in [-0.2, 0) is 5.41 Å². The number of anilines is 3. The van der Waals surface area contributed by atoms with Gasteiger partial charge in [0.2, 0.25) is 0 Å². The van der Waals surface area contributed by atoms with E-state index >= 15 is 0 Å². The Hall–Kier alpha value is -5.96. The van der Waals surface area contributed by atoms with E-state index in [9.17, 15) is 0 Å². The standard InChI is InChI=1S/C47H31NS/c1-3-15-32(16-4-1)47(41-25-10-7-21-36(41)37-22-8-11-26-42(37)47)33-17-13-20-35(31-33)48(34-18-5-2-6-19-34)43-27-14-24-39-38(43)29-30-45-46(39)40-23-9-12-28-44(40)49-45/h1-31H. The third-order valence-corrected chi connectivity index (χ3v) is 11.5. The van der Waals surface area contributed by atoms with Crippen LogP contribution in [-0.4, -0.2) is 0 Å². The normalized spacial score (nSPS) is 13.1. The highest BCUT2D eigenvalue weighted by molar-refractivity contribution is 7.26. The molecule has 230 valence electrons. The van der Waals surface area contributed by atoms with Crippen LogP contribution in [0.4, 0.5) is 17.1 Å². The molecule has 9 aromatic rings. The van der Waals surface area contributed by atoms with Crippen LogP contribution in [0.3, 0.4) is 0 Å². The Kier molecular flexibility index (Phi) is 6.34. The van der Waals surface area contributed by atoms with Crippen molar-refractivity contribution in [1.82, 2.24) is 0 Å². The van der Waals surface area contributed by atoms with Crippen LogP contribution in [0, 0.1) is 0 Å². The van der Waals surface area contributed by atoms with Crippen molar-refractivity contribution in [3.63, 3.8) is 0 Å². The highest BCUT2D eigenvalue weighted by Gasteiger charge is 2.46. The van der Waals surface area contributed by atoms with Gasteiger partial charge in [-0.25, -0.2) is 0 Å². The minimum atomic E-state index is -0.465. The summed E-state index contributed by atoms with van der Waals surface area (Å²) in [6.07, 6.45) is 0. The summed E-state index contributed by atoms with van der Waals surface area (Å²) in [6, 6.07) is 69.2. The number of para-hydroxylation sites is 1. The zero-order valence-electron chi connectivity index (χ0n) is 26.8. The molecule has 1 aromatic heterocycles. The largest absolute Gasteiger partial charge is 0.310 e. The van der Waals surface area contributed by atoms with Crippen molar-refractivity contribution in [3.8, 4) is 11.1 Å². The first kappa shape index (κ1) is 28.1. The molecule has 0 bridgehead atoms. The monoisotopic (exact) mass is 641 g/mol. The summed E-state index contributed by atoms with van der Waals surface area (Å²) in [5.41, 5.74) is 10.7. The molecule has 0 N–H and O–H groups in total. The van der Waals surface area contributed by atoms with Crippen LogP contribution in [0.5, 0.6) is 0 Å². The van der Waals surface area contributed by atoms with Gasteiger partial charge in [-0.1, -0.05) is 146 Å². The van der Waals surface area contributed by atoms with Crippen molar-refractivity contribution in [2.45, 2.75) is 5.41 Å². The lowest BCUT2D eigenvalue weighted by atomic mass is 9.67. The molecular formula is C47H31NS. The van der Waals surface area contributed by atoms with E-state index in [-0.39, 0.29) is 0 Å². The summed E-state index contributed by atoms with van der Waals surface area (Å²) < 4.78 is 2.65. The molecule has 0 aliphatic heterocycles. The fraction of sp³-hybridized carbons (Fsp3) is 0.0213. The van der Waals surface area contributed by atoms with E-state index in [4.69, 9.17) is 0 Å². The highest BCUT2D eigenvalue weighted by Crippen LogP contribution is 2.56. The van der Waals surface area contributed by atoms with Crippen LogP contribution in [0.1, 0.15) is 22.3 Å². The third kappa shape index (κ3) is 4.11. The van der Waals surface area contributed by atoms with Crippen LogP contribution in [0.15, 0.2) is 188 Å². The van der Waals surface area contributed by atoms with Crippen LogP contribution >= 0.6 is 11.3 Å². The van der Waals surface area contributed by atoms with Gasteiger partial charge in [0.25, 0.3) is 0 Å². The van der Waals surface area contributed by atoms with Gasteiger partial charge in [-0.2, -0.15) is 0 Å². The van der Waals surface area contributed by atoms with Gasteiger partial charge < -0.3 is 4.90 Å². The van der Waals surface area contributed by atoms with Crippen LogP contribution < -0.4 is 4.90 Å². The van der Waals surface area contributed by atoms with Gasteiger partial charge in [0.15, 0.2) is 0 Å². The maximum Gasteiger partial charge on any atom is 0.0714 e. The lowest BCUT2D eigenvalue weighted by Gasteiger charge is -2.35. The lowest BCUT2D eigenvalue weighted by Crippen LogP contribution is -2.28. The Morgan fingerprint density at radius 2 is 0.980 bits per heavy atom. The van der Waals surface area contributed by atoms with Crippen molar-refractivity contribution in [1.29, 1.82) is 0 Å². The van der Waals surface area contributed by atoms with E-state index in [1.165, 1.54) is 70.0 Å². The SMILES string of the molecule is c1ccc(N(c2cccc(C3(c4ccccc4)c4ccccc4-c4ccccc43)c2)c2cccc3c2ccc2sc4ccccc4c23)cc1. The first-order valence-corrected chi connectivity index (χ1v) is 17.7. The smallest absolute Gasteiger partial charge is 0.0714 e. The zero-order valence-corrected chi connectivity index (χ0v) is 27.6. The minimum absolute atomic E-state index is 0.465. The summed E-state index contributed by atoms with van der Waals surface area (Å²) in [6.45, 7) is 0. The number of rotatable bonds is 5. The van der Waals surface area contributed by atoms with Crippen molar-refractivity contribution in [3.05, 3.63) is 210 Å². The fourth-order valence-electron chi connectivity index (χ4n) is 8.35. The molecule has 0 saturated heterocycles. The van der Waals surface area contributed by atoms with E-state index in [0.717, 1.165) is 11.4 Å². The Morgan fingerprint density at radius 3 is 1.76 bits per heavy atom. The average Bonchev–Trinajstić information content (AvgIpc) is 3.71. The summed E-state index contributed by atoms with van der Waals surface area (Å²) in [7, 11) is 0. The van der Waals surface area contributed by atoms with Gasteiger partial charge in [-0.05, 0) is 81.2 Å². The maximum absolute atomic E-state index is 2.44. The Labute approximate surface area is 290 Å². The van der Waals surface area contributed by atoms with Gasteiger partial charge in [-0.3, -0.25) is 0 Å². The third-order valence-electron chi connectivity index (χ3n) is 10.3.